The molecule has 2 N–H and O–H groups in total. The van der Waals surface area contributed by atoms with Gasteiger partial charge in [0, 0.05) is 10.4 Å². The number of thiophene rings is 1. The zero-order chi connectivity index (χ0) is 14.9. The second-order valence-corrected chi connectivity index (χ2v) is 7.03. The van der Waals surface area contributed by atoms with Crippen LogP contribution in [0.2, 0.25) is 5.02 Å². The number of halogens is 1. The lowest BCUT2D eigenvalue weighted by Gasteiger charge is -2.04. The summed E-state index contributed by atoms with van der Waals surface area (Å²) >= 11 is 6.65. The summed E-state index contributed by atoms with van der Waals surface area (Å²) in [6.07, 6.45) is 0. The lowest BCUT2D eigenvalue weighted by Crippen LogP contribution is -2.07. The van der Waals surface area contributed by atoms with E-state index in [1.54, 1.807) is 0 Å². The van der Waals surface area contributed by atoms with Crippen molar-refractivity contribution in [3.8, 4) is 0 Å². The van der Waals surface area contributed by atoms with E-state index in [0.717, 1.165) is 11.3 Å². The molecule has 0 aliphatic rings. The molecule has 0 unspecified atom stereocenters. The van der Waals surface area contributed by atoms with Gasteiger partial charge in [0.2, 0.25) is 9.84 Å². The van der Waals surface area contributed by atoms with E-state index in [4.69, 9.17) is 17.3 Å². The number of sulfone groups is 1. The fraction of sp³-hybridized carbons (Fsp3) is 0.0833. The largest absolute Gasteiger partial charge is 0.465 e. The molecule has 2 rings (SSSR count). The predicted molar refractivity (Wildman–Crippen MR) is 77.0 cm³/mol. The first-order chi connectivity index (χ1) is 9.37. The molecular formula is C12H10ClNO4S2. The average molecular weight is 332 g/mol. The first-order valence-electron chi connectivity index (χ1n) is 5.34. The lowest BCUT2D eigenvalue weighted by molar-refractivity contribution is 0.0607. The number of rotatable bonds is 3. The number of carbonyl (C=O) groups excluding carboxylic acids is 1. The van der Waals surface area contributed by atoms with E-state index in [9.17, 15) is 13.2 Å². The minimum absolute atomic E-state index is 0.0582. The molecule has 0 aliphatic carbocycles. The molecule has 0 spiro atoms. The summed E-state index contributed by atoms with van der Waals surface area (Å²) in [6, 6.07) is 5.70. The molecule has 0 fully saturated rings. The van der Waals surface area contributed by atoms with Crippen molar-refractivity contribution < 1.29 is 17.9 Å². The predicted octanol–water partition coefficient (Wildman–Crippen LogP) is 2.60. The van der Waals surface area contributed by atoms with Gasteiger partial charge < -0.3 is 10.5 Å². The molecule has 2 aromatic rings. The van der Waals surface area contributed by atoms with Crippen LogP contribution in [0.1, 0.15) is 9.67 Å². The van der Waals surface area contributed by atoms with Gasteiger partial charge in [0.25, 0.3) is 0 Å². The standard InChI is InChI=1S/C12H10ClNO4S2/c1-18-12(15)11-10(14)9(6-19-11)20(16,17)8-4-2-7(13)3-5-8/h2-6H,14H2,1H3. The third-order valence-corrected chi connectivity index (χ3v) is 5.76. The van der Waals surface area contributed by atoms with Crippen LogP contribution in [0.3, 0.4) is 0 Å². The molecule has 0 atom stereocenters. The highest BCUT2D eigenvalue weighted by atomic mass is 35.5. The summed E-state index contributed by atoms with van der Waals surface area (Å²) in [7, 11) is -2.59. The van der Waals surface area contributed by atoms with Crippen LogP contribution in [0.4, 0.5) is 5.69 Å². The second-order valence-electron chi connectivity index (χ2n) is 3.79. The maximum absolute atomic E-state index is 12.4. The molecule has 0 radical (unpaired) electrons. The fourth-order valence-corrected chi connectivity index (χ4v) is 4.30. The monoisotopic (exact) mass is 331 g/mol. The fourth-order valence-electron chi connectivity index (χ4n) is 1.55. The van der Waals surface area contributed by atoms with Crippen LogP contribution in [-0.2, 0) is 14.6 Å². The van der Waals surface area contributed by atoms with Crippen molar-refractivity contribution in [3.63, 3.8) is 0 Å². The van der Waals surface area contributed by atoms with Gasteiger partial charge in [-0.2, -0.15) is 0 Å². The molecule has 0 saturated carbocycles. The van der Waals surface area contributed by atoms with Crippen LogP contribution < -0.4 is 5.73 Å². The molecule has 1 heterocycles. The maximum Gasteiger partial charge on any atom is 0.350 e. The van der Waals surface area contributed by atoms with Crippen LogP contribution in [-0.4, -0.2) is 21.5 Å². The summed E-state index contributed by atoms with van der Waals surface area (Å²) in [5.41, 5.74) is 5.64. The summed E-state index contributed by atoms with van der Waals surface area (Å²) in [4.78, 5) is 11.5. The molecule has 0 saturated heterocycles. The van der Waals surface area contributed by atoms with E-state index in [-0.39, 0.29) is 20.4 Å². The number of anilines is 1. The van der Waals surface area contributed by atoms with Crippen molar-refractivity contribution in [1.29, 1.82) is 0 Å². The number of hydrogen-bond donors (Lipinski definition) is 1. The Hall–Kier alpha value is -1.57. The van der Waals surface area contributed by atoms with Crippen molar-refractivity contribution in [2.45, 2.75) is 9.79 Å². The minimum atomic E-state index is -3.79. The van der Waals surface area contributed by atoms with E-state index in [1.165, 1.54) is 36.8 Å². The summed E-state index contributed by atoms with van der Waals surface area (Å²) in [5.74, 6) is -0.662. The molecule has 20 heavy (non-hydrogen) atoms. The van der Waals surface area contributed by atoms with Gasteiger partial charge in [-0.25, -0.2) is 13.2 Å². The van der Waals surface area contributed by atoms with E-state index >= 15 is 0 Å². The maximum atomic E-state index is 12.4. The number of nitrogen functional groups attached to an aromatic ring is 1. The van der Waals surface area contributed by atoms with Crippen molar-refractivity contribution >= 4 is 44.4 Å². The average Bonchev–Trinajstić information content (AvgIpc) is 2.81. The summed E-state index contributed by atoms with van der Waals surface area (Å²) in [6.45, 7) is 0. The number of benzene rings is 1. The van der Waals surface area contributed by atoms with Gasteiger partial charge in [-0.05, 0) is 24.3 Å². The Kier molecular flexibility index (Phi) is 4.03. The third kappa shape index (κ3) is 2.52. The quantitative estimate of drug-likeness (QED) is 0.873. The second kappa shape index (κ2) is 5.43. The summed E-state index contributed by atoms with van der Waals surface area (Å²) < 4.78 is 29.4. The first-order valence-corrected chi connectivity index (χ1v) is 8.08. The molecular weight excluding hydrogens is 322 g/mol. The third-order valence-electron chi connectivity index (χ3n) is 2.58. The molecule has 1 aromatic heterocycles. The topological polar surface area (TPSA) is 86.5 Å². The normalized spacial score (nSPS) is 11.3. The molecule has 8 heteroatoms. The van der Waals surface area contributed by atoms with Crippen LogP contribution in [0.25, 0.3) is 0 Å². The lowest BCUT2D eigenvalue weighted by atomic mass is 10.4. The zero-order valence-electron chi connectivity index (χ0n) is 10.3. The molecule has 1 aromatic carbocycles. The Labute approximate surface area is 124 Å². The SMILES string of the molecule is COC(=O)c1scc(S(=O)(=O)c2ccc(Cl)cc2)c1N. The van der Waals surface area contributed by atoms with Gasteiger partial charge >= 0.3 is 5.97 Å². The van der Waals surface area contributed by atoms with Gasteiger partial charge in [0.15, 0.2) is 0 Å². The van der Waals surface area contributed by atoms with Crippen molar-refractivity contribution in [1.82, 2.24) is 0 Å². The van der Waals surface area contributed by atoms with Gasteiger partial charge in [-0.3, -0.25) is 0 Å². The van der Waals surface area contributed by atoms with Gasteiger partial charge in [-0.15, -0.1) is 11.3 Å². The zero-order valence-corrected chi connectivity index (χ0v) is 12.7. The van der Waals surface area contributed by atoms with E-state index < -0.39 is 15.8 Å². The molecule has 106 valence electrons. The molecule has 0 amide bonds. The van der Waals surface area contributed by atoms with Crippen LogP contribution in [0, 0.1) is 0 Å². The number of ether oxygens (including phenoxy) is 1. The van der Waals surface area contributed by atoms with Crippen molar-refractivity contribution in [3.05, 3.63) is 39.5 Å². The smallest absolute Gasteiger partial charge is 0.350 e. The number of hydrogen-bond acceptors (Lipinski definition) is 6. The number of carbonyl (C=O) groups is 1. The van der Waals surface area contributed by atoms with Gasteiger partial charge in [0.1, 0.15) is 9.77 Å². The highest BCUT2D eigenvalue weighted by molar-refractivity contribution is 7.91. The Morgan fingerprint density at radius 2 is 1.90 bits per heavy atom. The van der Waals surface area contributed by atoms with Crippen LogP contribution in [0.5, 0.6) is 0 Å². The number of methoxy groups -OCH3 is 1. The summed E-state index contributed by atoms with van der Waals surface area (Å²) in [5, 5.41) is 1.75. The van der Waals surface area contributed by atoms with Crippen molar-refractivity contribution in [2.24, 2.45) is 0 Å². The molecule has 5 nitrogen and oxygen atoms in total. The van der Waals surface area contributed by atoms with Crippen molar-refractivity contribution in [2.75, 3.05) is 12.8 Å². The van der Waals surface area contributed by atoms with Gasteiger partial charge in [0.05, 0.1) is 17.7 Å². The van der Waals surface area contributed by atoms with E-state index in [2.05, 4.69) is 4.74 Å². The number of esters is 1. The number of nitrogens with two attached hydrogens (primary N) is 1. The van der Waals surface area contributed by atoms with Gasteiger partial charge in [-0.1, -0.05) is 11.6 Å². The van der Waals surface area contributed by atoms with E-state index in [0.29, 0.717) is 5.02 Å². The first kappa shape index (κ1) is 14.8. The Balaban J connectivity index is 2.53. The highest BCUT2D eigenvalue weighted by Crippen LogP contribution is 2.33. The molecule has 0 aliphatic heterocycles. The van der Waals surface area contributed by atoms with Crippen LogP contribution in [0.15, 0.2) is 39.4 Å². The van der Waals surface area contributed by atoms with Crippen LogP contribution >= 0.6 is 22.9 Å². The molecule has 0 bridgehead atoms. The van der Waals surface area contributed by atoms with E-state index in [1.807, 2.05) is 0 Å². The minimum Gasteiger partial charge on any atom is -0.465 e. The highest BCUT2D eigenvalue weighted by Gasteiger charge is 2.26. The Bertz CT molecular complexity index is 750. The Morgan fingerprint density at radius 1 is 1.30 bits per heavy atom. The Morgan fingerprint density at radius 3 is 2.45 bits per heavy atom.